The largest absolute Gasteiger partial charge is 0.373 e. The molecule has 2 aromatic rings. The number of amides is 1. The van der Waals surface area contributed by atoms with E-state index in [1.54, 1.807) is 25.1 Å². The van der Waals surface area contributed by atoms with E-state index in [0.717, 1.165) is 11.9 Å². The van der Waals surface area contributed by atoms with Crippen molar-refractivity contribution in [2.24, 2.45) is 0 Å². The van der Waals surface area contributed by atoms with Crippen LogP contribution < -0.4 is 14.9 Å². The Bertz CT molecular complexity index is 836. The van der Waals surface area contributed by atoms with E-state index in [1.807, 2.05) is 37.4 Å². The van der Waals surface area contributed by atoms with Gasteiger partial charge in [0.05, 0.1) is 11.9 Å². The van der Waals surface area contributed by atoms with Gasteiger partial charge in [-0.25, -0.2) is 8.42 Å². The van der Waals surface area contributed by atoms with Crippen molar-refractivity contribution < 1.29 is 13.2 Å². The molecule has 0 saturated heterocycles. The molecule has 0 fully saturated rings. The molecule has 0 aliphatic rings. The molecule has 6 nitrogen and oxygen atoms in total. The maximum absolute atomic E-state index is 12.4. The lowest BCUT2D eigenvalue weighted by Crippen LogP contribution is -2.33. The summed E-state index contributed by atoms with van der Waals surface area (Å²) in [6, 6.07) is 14.9. The van der Waals surface area contributed by atoms with E-state index in [0.29, 0.717) is 29.9 Å². The second kappa shape index (κ2) is 8.02. The molecule has 0 aliphatic carbocycles. The first-order chi connectivity index (χ1) is 11.8. The third-order valence-corrected chi connectivity index (χ3v) is 4.39. The first-order valence-corrected chi connectivity index (χ1v) is 9.79. The quantitative estimate of drug-likeness (QED) is 0.793. The average Bonchev–Trinajstić information content (AvgIpc) is 2.56. The highest BCUT2D eigenvalue weighted by Crippen LogP contribution is 2.19. The maximum atomic E-state index is 12.4. The summed E-state index contributed by atoms with van der Waals surface area (Å²) in [6.45, 7) is 2.86. The van der Waals surface area contributed by atoms with Gasteiger partial charge >= 0.3 is 0 Å². The molecule has 0 bridgehead atoms. The Morgan fingerprint density at radius 1 is 1.08 bits per heavy atom. The van der Waals surface area contributed by atoms with Crippen LogP contribution in [0.1, 0.15) is 15.9 Å². The molecule has 0 radical (unpaired) electrons. The number of benzene rings is 2. The van der Waals surface area contributed by atoms with Gasteiger partial charge in [0.2, 0.25) is 10.0 Å². The molecule has 0 unspecified atom stereocenters. The van der Waals surface area contributed by atoms with Crippen molar-refractivity contribution in [2.45, 2.75) is 6.92 Å². The topological polar surface area (TPSA) is 78.5 Å². The average molecular weight is 361 g/mol. The molecule has 7 heteroatoms. The van der Waals surface area contributed by atoms with Gasteiger partial charge in [-0.05, 0) is 36.8 Å². The van der Waals surface area contributed by atoms with Gasteiger partial charge < -0.3 is 10.2 Å². The first kappa shape index (κ1) is 18.8. The Hall–Kier alpha value is -2.54. The summed E-state index contributed by atoms with van der Waals surface area (Å²) in [5.74, 6) is -0.226. The second-order valence-corrected chi connectivity index (χ2v) is 7.61. The van der Waals surface area contributed by atoms with E-state index in [4.69, 9.17) is 0 Å². The summed E-state index contributed by atoms with van der Waals surface area (Å²) in [7, 11) is -1.43. The standard InChI is InChI=1S/C18H23N3O3S/c1-14-16(10-7-11-17(14)20-25(3,23)24)18(22)19-12-13-21(2)15-8-5-4-6-9-15/h4-11,20H,12-13H2,1-3H3,(H,19,22). The monoisotopic (exact) mass is 361 g/mol. The predicted octanol–water partition coefficient (Wildman–Crippen LogP) is 2.23. The van der Waals surface area contributed by atoms with E-state index in [-0.39, 0.29) is 5.91 Å². The van der Waals surface area contributed by atoms with Crippen molar-refractivity contribution in [3.63, 3.8) is 0 Å². The zero-order valence-corrected chi connectivity index (χ0v) is 15.4. The van der Waals surface area contributed by atoms with Crippen molar-refractivity contribution in [2.75, 3.05) is 36.0 Å². The molecule has 2 aromatic carbocycles. The molecule has 1 amide bonds. The number of hydrogen-bond acceptors (Lipinski definition) is 4. The number of nitrogens with zero attached hydrogens (tertiary/aromatic N) is 1. The van der Waals surface area contributed by atoms with Crippen LogP contribution in [0.3, 0.4) is 0 Å². The van der Waals surface area contributed by atoms with Crippen LogP contribution in [0.5, 0.6) is 0 Å². The van der Waals surface area contributed by atoms with Gasteiger partial charge in [-0.15, -0.1) is 0 Å². The number of para-hydroxylation sites is 1. The van der Waals surface area contributed by atoms with Gasteiger partial charge in [0.25, 0.3) is 5.91 Å². The van der Waals surface area contributed by atoms with E-state index in [2.05, 4.69) is 14.9 Å². The van der Waals surface area contributed by atoms with Gasteiger partial charge in [0, 0.05) is 31.4 Å². The van der Waals surface area contributed by atoms with Crippen LogP contribution in [0.25, 0.3) is 0 Å². The predicted molar refractivity (Wildman–Crippen MR) is 102 cm³/mol. The lowest BCUT2D eigenvalue weighted by molar-refractivity contribution is 0.0954. The summed E-state index contributed by atoms with van der Waals surface area (Å²) < 4.78 is 25.2. The van der Waals surface area contributed by atoms with Gasteiger partial charge in [-0.3, -0.25) is 9.52 Å². The molecule has 134 valence electrons. The van der Waals surface area contributed by atoms with Crippen LogP contribution in [-0.2, 0) is 10.0 Å². The Balaban J connectivity index is 1.98. The fourth-order valence-corrected chi connectivity index (χ4v) is 3.06. The number of rotatable bonds is 7. The molecule has 0 atom stereocenters. The van der Waals surface area contributed by atoms with Crippen LogP contribution in [0.15, 0.2) is 48.5 Å². The molecule has 0 aromatic heterocycles. The van der Waals surface area contributed by atoms with Crippen LogP contribution in [0, 0.1) is 6.92 Å². The summed E-state index contributed by atoms with van der Waals surface area (Å²) >= 11 is 0. The van der Waals surface area contributed by atoms with Crippen molar-refractivity contribution in [1.82, 2.24) is 5.32 Å². The summed E-state index contributed by atoms with van der Waals surface area (Å²) in [4.78, 5) is 14.4. The molecule has 0 saturated carbocycles. The van der Waals surface area contributed by atoms with E-state index in [9.17, 15) is 13.2 Å². The fourth-order valence-electron chi connectivity index (χ4n) is 2.44. The van der Waals surface area contributed by atoms with Crippen LogP contribution in [0.2, 0.25) is 0 Å². The number of anilines is 2. The number of sulfonamides is 1. The second-order valence-electron chi connectivity index (χ2n) is 5.87. The third kappa shape index (κ3) is 5.49. The fraction of sp³-hybridized carbons (Fsp3) is 0.278. The molecular weight excluding hydrogens is 338 g/mol. The highest BCUT2D eigenvalue weighted by molar-refractivity contribution is 7.92. The molecule has 2 rings (SSSR count). The van der Waals surface area contributed by atoms with E-state index >= 15 is 0 Å². The normalized spacial score (nSPS) is 11.0. The number of likely N-dealkylation sites (N-methyl/N-ethyl adjacent to an activating group) is 1. The van der Waals surface area contributed by atoms with Crippen LogP contribution in [0.4, 0.5) is 11.4 Å². The number of carbonyl (C=O) groups is 1. The van der Waals surface area contributed by atoms with Gasteiger partial charge in [-0.1, -0.05) is 24.3 Å². The smallest absolute Gasteiger partial charge is 0.251 e. The number of nitrogens with one attached hydrogen (secondary N) is 2. The maximum Gasteiger partial charge on any atom is 0.251 e. The SMILES string of the molecule is Cc1c(NS(C)(=O)=O)cccc1C(=O)NCCN(C)c1ccccc1. The van der Waals surface area contributed by atoms with Crippen LogP contribution >= 0.6 is 0 Å². The summed E-state index contributed by atoms with van der Waals surface area (Å²) in [6.07, 6.45) is 1.08. The Morgan fingerprint density at radius 2 is 1.76 bits per heavy atom. The Labute approximate surface area is 148 Å². The minimum absolute atomic E-state index is 0.226. The zero-order valence-electron chi connectivity index (χ0n) is 14.6. The van der Waals surface area contributed by atoms with Crippen LogP contribution in [-0.4, -0.2) is 40.7 Å². The highest BCUT2D eigenvalue weighted by Gasteiger charge is 2.13. The molecular formula is C18H23N3O3S. The molecule has 0 spiro atoms. The number of hydrogen-bond donors (Lipinski definition) is 2. The van der Waals surface area contributed by atoms with Crippen molar-refractivity contribution in [1.29, 1.82) is 0 Å². The first-order valence-electron chi connectivity index (χ1n) is 7.90. The Kier molecular flexibility index (Phi) is 6.03. The van der Waals surface area contributed by atoms with Gasteiger partial charge in [-0.2, -0.15) is 0 Å². The molecule has 0 heterocycles. The number of carbonyl (C=O) groups excluding carboxylic acids is 1. The lowest BCUT2D eigenvalue weighted by Gasteiger charge is -2.19. The molecule has 25 heavy (non-hydrogen) atoms. The lowest BCUT2D eigenvalue weighted by atomic mass is 10.1. The van der Waals surface area contributed by atoms with Crippen molar-refractivity contribution in [3.05, 3.63) is 59.7 Å². The minimum atomic E-state index is -3.39. The van der Waals surface area contributed by atoms with Gasteiger partial charge in [0.15, 0.2) is 0 Å². The van der Waals surface area contributed by atoms with E-state index in [1.165, 1.54) is 0 Å². The van der Waals surface area contributed by atoms with Gasteiger partial charge in [0.1, 0.15) is 0 Å². The summed E-state index contributed by atoms with van der Waals surface area (Å²) in [5, 5.41) is 2.87. The third-order valence-electron chi connectivity index (χ3n) is 3.80. The summed E-state index contributed by atoms with van der Waals surface area (Å²) in [5.41, 5.74) is 2.54. The van der Waals surface area contributed by atoms with Crippen molar-refractivity contribution in [3.8, 4) is 0 Å². The van der Waals surface area contributed by atoms with E-state index < -0.39 is 10.0 Å². The molecule has 2 N–H and O–H groups in total. The van der Waals surface area contributed by atoms with Crippen molar-refractivity contribution >= 4 is 27.3 Å². The zero-order chi connectivity index (χ0) is 18.4. The Morgan fingerprint density at radius 3 is 2.40 bits per heavy atom. The molecule has 0 aliphatic heterocycles. The minimum Gasteiger partial charge on any atom is -0.373 e. The highest BCUT2D eigenvalue weighted by atomic mass is 32.2.